The molecule has 0 N–H and O–H groups in total. The van der Waals surface area contributed by atoms with Crippen LogP contribution in [0, 0.1) is 5.21 Å². The van der Waals surface area contributed by atoms with Crippen LogP contribution in [0.25, 0.3) is 6.08 Å². The Labute approximate surface area is 72.1 Å². The van der Waals surface area contributed by atoms with Crippen LogP contribution in [0.1, 0.15) is 5.56 Å². The van der Waals surface area contributed by atoms with Gasteiger partial charge in [-0.25, -0.2) is 4.74 Å². The molecule has 0 atom stereocenters. The Morgan fingerprint density at radius 3 is 2.50 bits per heavy atom. The van der Waals surface area contributed by atoms with Crippen molar-refractivity contribution in [2.75, 3.05) is 7.05 Å². The summed E-state index contributed by atoms with van der Waals surface area (Å²) in [7, 11) is 1.45. The van der Waals surface area contributed by atoms with Crippen LogP contribution in [0.5, 0.6) is 0 Å². The van der Waals surface area contributed by atoms with Crippen LogP contribution in [0.15, 0.2) is 36.4 Å². The first-order valence-corrected chi connectivity index (χ1v) is 3.75. The summed E-state index contributed by atoms with van der Waals surface area (Å²) in [4.78, 5) is 0. The van der Waals surface area contributed by atoms with Gasteiger partial charge < -0.3 is 5.21 Å². The minimum Gasteiger partial charge on any atom is -0.624 e. The molecule has 0 bridgehead atoms. The highest BCUT2D eigenvalue weighted by Gasteiger charge is 1.81. The predicted molar refractivity (Wildman–Crippen MR) is 51.1 cm³/mol. The number of hydrogen-bond acceptors (Lipinski definition) is 1. The summed E-state index contributed by atoms with van der Waals surface area (Å²) < 4.78 is 0.763. The van der Waals surface area contributed by atoms with E-state index in [0.717, 1.165) is 10.3 Å². The van der Waals surface area contributed by atoms with Crippen molar-refractivity contribution in [3.05, 3.63) is 47.2 Å². The summed E-state index contributed by atoms with van der Waals surface area (Å²) in [6.07, 6.45) is 5.07. The van der Waals surface area contributed by atoms with E-state index in [2.05, 4.69) is 0 Å². The molecule has 0 amide bonds. The highest BCUT2D eigenvalue weighted by atomic mass is 16.5. The maximum atomic E-state index is 10.4. The van der Waals surface area contributed by atoms with E-state index < -0.39 is 0 Å². The molecular formula is C10H11NO. The number of hydrogen-bond donors (Lipinski definition) is 0. The summed E-state index contributed by atoms with van der Waals surface area (Å²) in [5.74, 6) is 0. The van der Waals surface area contributed by atoms with Crippen molar-refractivity contribution >= 4 is 12.3 Å². The van der Waals surface area contributed by atoms with Crippen molar-refractivity contribution in [2.45, 2.75) is 0 Å². The molecule has 0 spiro atoms. The molecule has 0 aliphatic carbocycles. The van der Waals surface area contributed by atoms with Crippen molar-refractivity contribution in [1.82, 2.24) is 0 Å². The molecule has 12 heavy (non-hydrogen) atoms. The number of benzene rings is 1. The molecule has 1 rings (SSSR count). The molecule has 1 aromatic carbocycles. The highest BCUT2D eigenvalue weighted by Crippen LogP contribution is 1.99. The topological polar surface area (TPSA) is 26.1 Å². The molecule has 1 aromatic rings. The number of hydroxylamine groups is 1. The lowest BCUT2D eigenvalue weighted by Gasteiger charge is -1.90. The zero-order valence-corrected chi connectivity index (χ0v) is 6.97. The van der Waals surface area contributed by atoms with Crippen LogP contribution >= 0.6 is 0 Å². The van der Waals surface area contributed by atoms with Gasteiger partial charge in [-0.05, 0) is 11.6 Å². The van der Waals surface area contributed by atoms with Gasteiger partial charge in [-0.3, -0.25) is 0 Å². The van der Waals surface area contributed by atoms with E-state index in [1.807, 2.05) is 36.4 Å². The van der Waals surface area contributed by atoms with Gasteiger partial charge in [-0.15, -0.1) is 0 Å². The third-order valence-electron chi connectivity index (χ3n) is 1.38. The van der Waals surface area contributed by atoms with Crippen molar-refractivity contribution in [1.29, 1.82) is 0 Å². The molecule has 0 fully saturated rings. The zero-order chi connectivity index (χ0) is 8.81. The average molecular weight is 161 g/mol. The largest absolute Gasteiger partial charge is 0.624 e. The van der Waals surface area contributed by atoms with Gasteiger partial charge in [-0.1, -0.05) is 30.3 Å². The Bertz CT molecular complexity index is 284. The maximum Gasteiger partial charge on any atom is 0.174 e. The lowest BCUT2D eigenvalue weighted by Crippen LogP contribution is -1.91. The lowest BCUT2D eigenvalue weighted by atomic mass is 10.2. The Morgan fingerprint density at radius 1 is 1.25 bits per heavy atom. The first-order chi connectivity index (χ1) is 5.79. The molecule has 0 aromatic heterocycles. The first kappa shape index (κ1) is 8.53. The Kier molecular flexibility index (Phi) is 3.08. The molecule has 62 valence electrons. The summed E-state index contributed by atoms with van der Waals surface area (Å²) >= 11 is 0. The summed E-state index contributed by atoms with van der Waals surface area (Å²) in [6.45, 7) is 0. The van der Waals surface area contributed by atoms with Crippen LogP contribution in [-0.4, -0.2) is 18.0 Å². The Hall–Kier alpha value is -1.57. The van der Waals surface area contributed by atoms with Crippen LogP contribution < -0.4 is 0 Å². The van der Waals surface area contributed by atoms with Gasteiger partial charge in [0.1, 0.15) is 7.05 Å². The molecule has 2 nitrogen and oxygen atoms in total. The van der Waals surface area contributed by atoms with E-state index in [9.17, 15) is 5.21 Å². The van der Waals surface area contributed by atoms with Gasteiger partial charge in [0.2, 0.25) is 0 Å². The third-order valence-corrected chi connectivity index (χ3v) is 1.38. The smallest absolute Gasteiger partial charge is 0.174 e. The normalized spacial score (nSPS) is 12.2. The van der Waals surface area contributed by atoms with Crippen LogP contribution in [0.4, 0.5) is 0 Å². The minimum atomic E-state index is 0.763. The number of rotatable bonds is 2. The molecule has 0 aliphatic heterocycles. The van der Waals surface area contributed by atoms with Gasteiger partial charge in [0.25, 0.3) is 0 Å². The summed E-state index contributed by atoms with van der Waals surface area (Å²) in [6, 6.07) is 9.84. The fourth-order valence-electron chi connectivity index (χ4n) is 0.839. The maximum absolute atomic E-state index is 10.4. The quantitative estimate of drug-likeness (QED) is 0.281. The van der Waals surface area contributed by atoms with Gasteiger partial charge in [0.15, 0.2) is 6.21 Å². The lowest BCUT2D eigenvalue weighted by molar-refractivity contribution is -0.416. The van der Waals surface area contributed by atoms with E-state index in [1.54, 1.807) is 6.08 Å². The minimum absolute atomic E-state index is 0.763. The fraction of sp³-hybridized carbons (Fsp3) is 0.100. The van der Waals surface area contributed by atoms with E-state index in [1.165, 1.54) is 13.3 Å². The van der Waals surface area contributed by atoms with Crippen molar-refractivity contribution < 1.29 is 4.74 Å². The second-order valence-corrected chi connectivity index (χ2v) is 2.47. The fourth-order valence-corrected chi connectivity index (χ4v) is 0.839. The zero-order valence-electron chi connectivity index (χ0n) is 6.97. The van der Waals surface area contributed by atoms with E-state index in [-0.39, 0.29) is 0 Å². The van der Waals surface area contributed by atoms with Crippen LogP contribution in [-0.2, 0) is 0 Å². The summed E-state index contributed by atoms with van der Waals surface area (Å²) in [5.41, 5.74) is 1.09. The molecule has 0 saturated heterocycles. The van der Waals surface area contributed by atoms with Gasteiger partial charge in [-0.2, -0.15) is 0 Å². The van der Waals surface area contributed by atoms with Crippen molar-refractivity contribution in [3.63, 3.8) is 0 Å². The van der Waals surface area contributed by atoms with Gasteiger partial charge in [0, 0.05) is 6.08 Å². The van der Waals surface area contributed by atoms with Gasteiger partial charge in [0.05, 0.1) is 0 Å². The molecule has 2 heteroatoms. The first-order valence-electron chi connectivity index (χ1n) is 3.75. The van der Waals surface area contributed by atoms with E-state index in [0.29, 0.717) is 0 Å². The second kappa shape index (κ2) is 4.34. The Morgan fingerprint density at radius 2 is 1.92 bits per heavy atom. The SMILES string of the molecule is C/[N+]([O-])=C/C=C/c1ccccc1. The molecule has 0 aliphatic rings. The molecule has 0 heterocycles. The standard InChI is InChI=1S/C10H11NO/c1-11(12)9-5-8-10-6-3-2-4-7-10/h2-9H,1H3/b8-5+,11-9-. The number of allylic oxidation sites excluding steroid dienone is 1. The van der Waals surface area contributed by atoms with E-state index >= 15 is 0 Å². The van der Waals surface area contributed by atoms with E-state index in [4.69, 9.17) is 0 Å². The highest BCUT2D eigenvalue weighted by molar-refractivity contribution is 5.74. The second-order valence-electron chi connectivity index (χ2n) is 2.47. The van der Waals surface area contributed by atoms with Crippen molar-refractivity contribution in [2.24, 2.45) is 0 Å². The van der Waals surface area contributed by atoms with Crippen molar-refractivity contribution in [3.8, 4) is 0 Å². The Balaban J connectivity index is 2.64. The predicted octanol–water partition coefficient (Wildman–Crippen LogP) is 1.91. The molecular weight excluding hydrogens is 150 g/mol. The van der Waals surface area contributed by atoms with Crippen LogP contribution in [0.3, 0.4) is 0 Å². The monoisotopic (exact) mass is 161 g/mol. The summed E-state index contributed by atoms with van der Waals surface area (Å²) in [5, 5.41) is 10.4. The van der Waals surface area contributed by atoms with Crippen LogP contribution in [0.2, 0.25) is 0 Å². The molecule has 0 unspecified atom stereocenters. The average Bonchev–Trinajstić information content (AvgIpc) is 2.05. The molecule has 0 saturated carbocycles. The molecule has 0 radical (unpaired) electrons. The van der Waals surface area contributed by atoms with Gasteiger partial charge >= 0.3 is 0 Å². The third kappa shape index (κ3) is 3.01. The number of nitrogens with zero attached hydrogens (tertiary/aromatic N) is 1.